The fourth-order valence-corrected chi connectivity index (χ4v) is 3.00. The molecule has 0 aromatic carbocycles. The normalized spacial score (nSPS) is 21.6. The summed E-state index contributed by atoms with van der Waals surface area (Å²) in [5, 5.41) is 3.54. The van der Waals surface area contributed by atoms with E-state index >= 15 is 0 Å². The lowest BCUT2D eigenvalue weighted by molar-refractivity contribution is 0.409. The first-order valence-corrected chi connectivity index (χ1v) is 7.30. The van der Waals surface area contributed by atoms with Gasteiger partial charge in [0, 0.05) is 24.8 Å². The molecule has 1 aliphatic carbocycles. The molecule has 1 heterocycles. The van der Waals surface area contributed by atoms with Gasteiger partial charge in [0.1, 0.15) is 0 Å². The van der Waals surface area contributed by atoms with Crippen molar-refractivity contribution in [3.05, 3.63) is 18.2 Å². The van der Waals surface area contributed by atoms with Gasteiger partial charge in [0.25, 0.3) is 0 Å². The summed E-state index contributed by atoms with van der Waals surface area (Å²) in [6.07, 6.45) is 3.96. The summed E-state index contributed by atoms with van der Waals surface area (Å²) in [5.41, 5.74) is 2.30. The van der Waals surface area contributed by atoms with Gasteiger partial charge >= 0.3 is 0 Å². The fourth-order valence-electron chi connectivity index (χ4n) is 3.00. The molecule has 0 saturated heterocycles. The molecule has 108 valence electrons. The van der Waals surface area contributed by atoms with E-state index in [0.717, 1.165) is 19.0 Å². The molecule has 2 rings (SSSR count). The van der Waals surface area contributed by atoms with Crippen molar-refractivity contribution >= 4 is 0 Å². The first kappa shape index (κ1) is 14.6. The number of nitrogens with zero attached hydrogens (tertiary/aromatic N) is 2. The van der Waals surface area contributed by atoms with Crippen molar-refractivity contribution in [2.45, 2.75) is 67.1 Å². The standard InChI is InChI=1S/C16H29N3/c1-14(2,3)18-9-12-8-17-11-19(12)10-13-15(4,5)16(13,6)7/h8,11,13,18H,9-10H2,1-7H3. The van der Waals surface area contributed by atoms with Gasteiger partial charge in [-0.3, -0.25) is 0 Å². The van der Waals surface area contributed by atoms with E-state index in [9.17, 15) is 0 Å². The van der Waals surface area contributed by atoms with Crippen LogP contribution in [0.4, 0.5) is 0 Å². The van der Waals surface area contributed by atoms with E-state index in [0.29, 0.717) is 10.8 Å². The lowest BCUT2D eigenvalue weighted by Gasteiger charge is -2.21. The molecule has 0 atom stereocenters. The van der Waals surface area contributed by atoms with Crippen LogP contribution >= 0.6 is 0 Å². The zero-order valence-corrected chi connectivity index (χ0v) is 13.5. The maximum Gasteiger partial charge on any atom is 0.0948 e. The van der Waals surface area contributed by atoms with Crippen LogP contribution in [0, 0.1) is 16.7 Å². The monoisotopic (exact) mass is 263 g/mol. The van der Waals surface area contributed by atoms with E-state index < -0.39 is 0 Å². The molecule has 0 aliphatic heterocycles. The van der Waals surface area contributed by atoms with Crippen molar-refractivity contribution in [3.8, 4) is 0 Å². The Balaban J connectivity index is 2.02. The minimum atomic E-state index is 0.146. The Kier molecular flexibility index (Phi) is 3.33. The summed E-state index contributed by atoms with van der Waals surface area (Å²) < 4.78 is 2.32. The molecule has 1 aromatic rings. The third-order valence-electron chi connectivity index (χ3n) is 5.30. The molecule has 1 aromatic heterocycles. The van der Waals surface area contributed by atoms with Crippen LogP contribution in [-0.4, -0.2) is 15.1 Å². The van der Waals surface area contributed by atoms with Crippen LogP contribution in [0.1, 0.15) is 54.2 Å². The maximum atomic E-state index is 4.32. The second-order valence-corrected chi connectivity index (χ2v) is 8.14. The quantitative estimate of drug-likeness (QED) is 0.901. The van der Waals surface area contributed by atoms with Gasteiger partial charge in [0.15, 0.2) is 0 Å². The molecule has 1 N–H and O–H groups in total. The SMILES string of the molecule is CC(C)(C)NCc1cncn1CC1C(C)(C)C1(C)C. The number of rotatable bonds is 4. The number of aromatic nitrogens is 2. The highest BCUT2D eigenvalue weighted by atomic mass is 15.1. The van der Waals surface area contributed by atoms with E-state index in [-0.39, 0.29) is 5.54 Å². The van der Waals surface area contributed by atoms with Gasteiger partial charge in [0.05, 0.1) is 12.0 Å². The van der Waals surface area contributed by atoms with Gasteiger partial charge in [-0.2, -0.15) is 0 Å². The summed E-state index contributed by atoms with van der Waals surface area (Å²) in [7, 11) is 0. The molecule has 0 spiro atoms. The van der Waals surface area contributed by atoms with Crippen molar-refractivity contribution in [2.24, 2.45) is 16.7 Å². The first-order chi connectivity index (χ1) is 8.56. The first-order valence-electron chi connectivity index (χ1n) is 7.30. The zero-order chi connectivity index (χ0) is 14.5. The molecule has 1 aliphatic rings. The smallest absolute Gasteiger partial charge is 0.0948 e. The van der Waals surface area contributed by atoms with E-state index in [1.54, 1.807) is 0 Å². The van der Waals surface area contributed by atoms with Crippen molar-refractivity contribution in [1.82, 2.24) is 14.9 Å². The Morgan fingerprint density at radius 2 is 1.79 bits per heavy atom. The highest BCUT2D eigenvalue weighted by Crippen LogP contribution is 2.68. The molecule has 19 heavy (non-hydrogen) atoms. The van der Waals surface area contributed by atoms with E-state index in [1.165, 1.54) is 5.69 Å². The van der Waals surface area contributed by atoms with Gasteiger partial charge in [-0.1, -0.05) is 27.7 Å². The van der Waals surface area contributed by atoms with Crippen molar-refractivity contribution in [1.29, 1.82) is 0 Å². The predicted molar refractivity (Wildman–Crippen MR) is 79.9 cm³/mol. The second-order valence-electron chi connectivity index (χ2n) is 8.14. The van der Waals surface area contributed by atoms with Gasteiger partial charge in [-0.15, -0.1) is 0 Å². The Bertz CT molecular complexity index is 435. The molecule has 0 radical (unpaired) electrons. The Labute approximate surface area is 117 Å². The summed E-state index contributed by atoms with van der Waals surface area (Å²) in [4.78, 5) is 4.32. The number of hydrogen-bond donors (Lipinski definition) is 1. The molecule has 3 nitrogen and oxygen atoms in total. The number of nitrogens with one attached hydrogen (secondary N) is 1. The molecule has 1 fully saturated rings. The summed E-state index contributed by atoms with van der Waals surface area (Å²) in [5.74, 6) is 0.739. The van der Waals surface area contributed by atoms with Gasteiger partial charge < -0.3 is 9.88 Å². The van der Waals surface area contributed by atoms with Crippen LogP contribution in [0.15, 0.2) is 12.5 Å². The van der Waals surface area contributed by atoms with Crippen LogP contribution in [-0.2, 0) is 13.1 Å². The topological polar surface area (TPSA) is 29.9 Å². The highest BCUT2D eigenvalue weighted by Gasteiger charge is 2.64. The Morgan fingerprint density at radius 1 is 1.21 bits per heavy atom. The van der Waals surface area contributed by atoms with Crippen molar-refractivity contribution in [2.75, 3.05) is 0 Å². The molecule has 0 amide bonds. The zero-order valence-electron chi connectivity index (χ0n) is 13.5. The van der Waals surface area contributed by atoms with Crippen LogP contribution in [0.5, 0.6) is 0 Å². The third-order valence-corrected chi connectivity index (χ3v) is 5.30. The Morgan fingerprint density at radius 3 is 2.26 bits per heavy atom. The fraction of sp³-hybridized carbons (Fsp3) is 0.812. The largest absolute Gasteiger partial charge is 0.333 e. The minimum Gasteiger partial charge on any atom is -0.333 e. The van der Waals surface area contributed by atoms with Gasteiger partial charge in [-0.05, 0) is 37.5 Å². The lowest BCUT2D eigenvalue weighted by atomic mass is 10.0. The number of imidazole rings is 1. The molecular formula is C16H29N3. The van der Waals surface area contributed by atoms with Crippen LogP contribution in [0.2, 0.25) is 0 Å². The van der Waals surface area contributed by atoms with E-state index in [2.05, 4.69) is 63.3 Å². The van der Waals surface area contributed by atoms with Crippen molar-refractivity contribution in [3.63, 3.8) is 0 Å². The molecule has 0 unspecified atom stereocenters. The second kappa shape index (κ2) is 4.34. The summed E-state index contributed by atoms with van der Waals surface area (Å²) >= 11 is 0. The molecule has 3 heteroatoms. The molecule has 1 saturated carbocycles. The van der Waals surface area contributed by atoms with Crippen LogP contribution in [0.3, 0.4) is 0 Å². The maximum absolute atomic E-state index is 4.32. The minimum absolute atomic E-state index is 0.146. The van der Waals surface area contributed by atoms with Gasteiger partial charge in [-0.25, -0.2) is 4.98 Å². The van der Waals surface area contributed by atoms with Crippen LogP contribution < -0.4 is 5.32 Å². The van der Waals surface area contributed by atoms with Gasteiger partial charge in [0.2, 0.25) is 0 Å². The highest BCUT2D eigenvalue weighted by molar-refractivity contribution is 5.13. The Hall–Kier alpha value is -0.830. The average molecular weight is 263 g/mol. The van der Waals surface area contributed by atoms with E-state index in [1.807, 2.05) is 12.5 Å². The summed E-state index contributed by atoms with van der Waals surface area (Å²) in [6, 6.07) is 0. The predicted octanol–water partition coefficient (Wildman–Crippen LogP) is 3.45. The van der Waals surface area contributed by atoms with E-state index in [4.69, 9.17) is 0 Å². The van der Waals surface area contributed by atoms with Crippen molar-refractivity contribution < 1.29 is 0 Å². The molecular weight excluding hydrogens is 234 g/mol. The molecule has 0 bridgehead atoms. The number of hydrogen-bond acceptors (Lipinski definition) is 2. The van der Waals surface area contributed by atoms with Crippen LogP contribution in [0.25, 0.3) is 0 Å². The summed E-state index contributed by atoms with van der Waals surface area (Å²) in [6.45, 7) is 18.1. The third kappa shape index (κ3) is 2.71. The average Bonchev–Trinajstić information content (AvgIpc) is 2.64. The lowest BCUT2D eigenvalue weighted by Crippen LogP contribution is -2.35.